The first-order valence-electron chi connectivity index (χ1n) is 8.02. The summed E-state index contributed by atoms with van der Waals surface area (Å²) in [5.41, 5.74) is -1.78. The Kier molecular flexibility index (Phi) is 4.64. The Hall–Kier alpha value is -1.16. The van der Waals surface area contributed by atoms with Crippen LogP contribution in [0, 0.1) is 0 Å². The van der Waals surface area contributed by atoms with Crippen LogP contribution < -0.4 is 0 Å². The highest BCUT2D eigenvalue weighted by molar-refractivity contribution is 5.17. The molecule has 25 heavy (non-hydrogen) atoms. The average Bonchev–Trinajstić information content (AvgIpc) is 2.91. The molecule has 0 bridgehead atoms. The van der Waals surface area contributed by atoms with E-state index in [0.717, 1.165) is 5.56 Å². The van der Waals surface area contributed by atoms with Crippen molar-refractivity contribution in [2.24, 2.45) is 0 Å². The zero-order valence-electron chi connectivity index (χ0n) is 13.9. The number of ether oxygens (including phenoxy) is 3. The van der Waals surface area contributed by atoms with Gasteiger partial charge in [-0.1, -0.05) is 30.3 Å². The molecule has 5 atom stereocenters. The van der Waals surface area contributed by atoms with Crippen molar-refractivity contribution in [2.45, 2.75) is 62.2 Å². The monoisotopic (exact) mass is 360 g/mol. The second-order valence-electron chi connectivity index (χ2n) is 6.94. The Morgan fingerprint density at radius 2 is 1.76 bits per heavy atom. The topological polar surface area (TPSA) is 88.4 Å². The molecular weight excluding hydrogens is 338 g/mol. The zero-order chi connectivity index (χ0) is 18.5. The van der Waals surface area contributed by atoms with Gasteiger partial charge < -0.3 is 29.5 Å². The number of benzene rings is 1. The van der Waals surface area contributed by atoms with E-state index in [1.165, 1.54) is 13.8 Å². The largest absolute Gasteiger partial charge is 0.387 e. The summed E-state index contributed by atoms with van der Waals surface area (Å²) in [6.45, 7) is 2.20. The lowest BCUT2D eigenvalue weighted by Gasteiger charge is -2.50. The van der Waals surface area contributed by atoms with Gasteiger partial charge in [0.2, 0.25) is 0 Å². The predicted molar refractivity (Wildman–Crippen MR) is 81.8 cm³/mol. The number of aliphatic hydroxyl groups excluding tert-OH is 3. The van der Waals surface area contributed by atoms with Gasteiger partial charge in [0.15, 0.2) is 11.4 Å². The minimum atomic E-state index is -3.92. The summed E-state index contributed by atoms with van der Waals surface area (Å²) in [4.78, 5) is 0. The van der Waals surface area contributed by atoms with Crippen LogP contribution in [0.5, 0.6) is 0 Å². The first kappa shape index (κ1) is 18.6. The fourth-order valence-corrected chi connectivity index (χ4v) is 3.34. The van der Waals surface area contributed by atoms with Crippen molar-refractivity contribution in [3.8, 4) is 0 Å². The fourth-order valence-electron chi connectivity index (χ4n) is 3.34. The predicted octanol–water partition coefficient (Wildman–Crippen LogP) is 0.825. The molecule has 1 aliphatic carbocycles. The van der Waals surface area contributed by atoms with Crippen molar-refractivity contribution in [1.29, 1.82) is 0 Å². The van der Waals surface area contributed by atoms with Crippen LogP contribution in [0.2, 0.25) is 0 Å². The van der Waals surface area contributed by atoms with Crippen molar-refractivity contribution in [1.82, 2.24) is 0 Å². The van der Waals surface area contributed by atoms with Crippen molar-refractivity contribution < 1.29 is 38.3 Å². The Morgan fingerprint density at radius 1 is 1.12 bits per heavy atom. The minimum Gasteiger partial charge on any atom is -0.387 e. The van der Waals surface area contributed by atoms with Gasteiger partial charge in [-0.25, -0.2) is 8.78 Å². The normalized spacial score (nSPS) is 39.6. The van der Waals surface area contributed by atoms with Gasteiger partial charge in [0.05, 0.1) is 13.2 Å². The molecule has 0 amide bonds. The lowest BCUT2D eigenvalue weighted by Crippen LogP contribution is -2.75. The molecule has 1 saturated carbocycles. The summed E-state index contributed by atoms with van der Waals surface area (Å²) in [5, 5.41) is 30.6. The molecule has 1 heterocycles. The molecule has 1 aromatic carbocycles. The van der Waals surface area contributed by atoms with Crippen LogP contribution in [0.15, 0.2) is 30.3 Å². The van der Waals surface area contributed by atoms with Crippen molar-refractivity contribution in [3.05, 3.63) is 35.9 Å². The molecule has 8 heteroatoms. The number of halogens is 2. The Bertz CT molecular complexity index is 610. The molecule has 2 fully saturated rings. The van der Waals surface area contributed by atoms with Crippen molar-refractivity contribution in [2.75, 3.05) is 6.61 Å². The fraction of sp³-hybridized carbons (Fsp3) is 0.647. The Morgan fingerprint density at radius 3 is 2.32 bits per heavy atom. The maximum absolute atomic E-state index is 14.7. The Labute approximate surface area is 143 Å². The molecule has 1 aromatic rings. The molecule has 2 aliphatic rings. The van der Waals surface area contributed by atoms with Gasteiger partial charge in [-0.05, 0) is 19.4 Å². The minimum absolute atomic E-state index is 0.0295. The molecule has 6 nitrogen and oxygen atoms in total. The van der Waals surface area contributed by atoms with E-state index in [-0.39, 0.29) is 6.61 Å². The summed E-state index contributed by atoms with van der Waals surface area (Å²) in [6, 6.07) is 8.85. The van der Waals surface area contributed by atoms with Gasteiger partial charge >= 0.3 is 5.92 Å². The molecule has 1 aliphatic heterocycles. The van der Waals surface area contributed by atoms with E-state index in [1.54, 1.807) is 30.3 Å². The van der Waals surface area contributed by atoms with Crippen LogP contribution in [0.25, 0.3) is 0 Å². The van der Waals surface area contributed by atoms with Crippen molar-refractivity contribution in [3.63, 3.8) is 0 Å². The average molecular weight is 360 g/mol. The number of hydrogen-bond acceptors (Lipinski definition) is 6. The van der Waals surface area contributed by atoms with Crippen LogP contribution in [-0.4, -0.2) is 63.7 Å². The van der Waals surface area contributed by atoms with Crippen LogP contribution in [0.3, 0.4) is 0 Å². The highest BCUT2D eigenvalue weighted by atomic mass is 19.3. The molecule has 3 N–H and O–H groups in total. The molecule has 0 unspecified atom stereocenters. The number of hydrogen-bond donors (Lipinski definition) is 3. The zero-order valence-corrected chi connectivity index (χ0v) is 13.9. The molecule has 3 rings (SSSR count). The SMILES string of the molecule is CC1(C)OC[C@]2(O1)[C@@H](O)[C@H](OCc1ccccc1)[C@@H](O)[C@@H](O)C2(F)F. The van der Waals surface area contributed by atoms with E-state index in [9.17, 15) is 24.1 Å². The number of rotatable bonds is 3. The summed E-state index contributed by atoms with van der Waals surface area (Å²) in [7, 11) is 0. The molecule has 1 spiro atoms. The third kappa shape index (κ3) is 2.97. The maximum atomic E-state index is 14.7. The van der Waals surface area contributed by atoms with Gasteiger partial charge in [-0.3, -0.25) is 0 Å². The Balaban J connectivity index is 1.87. The quantitative estimate of drug-likeness (QED) is 0.740. The van der Waals surface area contributed by atoms with Gasteiger partial charge in [-0.2, -0.15) is 0 Å². The molecule has 1 saturated heterocycles. The first-order valence-corrected chi connectivity index (χ1v) is 8.02. The number of aliphatic hydroxyl groups is 3. The highest BCUT2D eigenvalue weighted by Crippen LogP contribution is 2.51. The first-order chi connectivity index (χ1) is 11.6. The van der Waals surface area contributed by atoms with Gasteiger partial charge in [0.25, 0.3) is 0 Å². The van der Waals surface area contributed by atoms with E-state index in [4.69, 9.17) is 14.2 Å². The van der Waals surface area contributed by atoms with Crippen LogP contribution >= 0.6 is 0 Å². The van der Waals surface area contributed by atoms with Gasteiger partial charge in [0, 0.05) is 0 Å². The third-order valence-electron chi connectivity index (χ3n) is 4.73. The standard InChI is InChI=1S/C17H22F2O6/c1-15(2)24-9-16(25-15)14(22)12(11(20)13(21)17(16,18)19)23-8-10-6-4-3-5-7-10/h3-7,11-14,20-22H,8-9H2,1-2H3/t11-,12-,13-,14+,16+/m1/s1. The number of alkyl halides is 2. The van der Waals surface area contributed by atoms with Gasteiger partial charge in [-0.15, -0.1) is 0 Å². The van der Waals surface area contributed by atoms with Crippen LogP contribution in [0.4, 0.5) is 8.78 Å². The second kappa shape index (κ2) is 6.22. The van der Waals surface area contributed by atoms with E-state index < -0.39 is 48.3 Å². The third-order valence-corrected chi connectivity index (χ3v) is 4.73. The maximum Gasteiger partial charge on any atom is 0.309 e. The molecular formula is C17H22F2O6. The van der Waals surface area contributed by atoms with E-state index in [2.05, 4.69) is 0 Å². The molecule has 0 aromatic heterocycles. The lowest BCUT2D eigenvalue weighted by molar-refractivity contribution is -0.347. The lowest BCUT2D eigenvalue weighted by atomic mass is 9.74. The van der Waals surface area contributed by atoms with E-state index in [1.807, 2.05) is 0 Å². The molecule has 140 valence electrons. The molecule has 0 radical (unpaired) electrons. The summed E-state index contributed by atoms with van der Waals surface area (Å²) in [6.07, 6.45) is -7.81. The van der Waals surface area contributed by atoms with E-state index >= 15 is 0 Å². The van der Waals surface area contributed by atoms with Crippen LogP contribution in [-0.2, 0) is 20.8 Å². The second-order valence-corrected chi connectivity index (χ2v) is 6.94. The van der Waals surface area contributed by atoms with Crippen LogP contribution in [0.1, 0.15) is 19.4 Å². The van der Waals surface area contributed by atoms with E-state index in [0.29, 0.717) is 0 Å². The summed E-state index contributed by atoms with van der Waals surface area (Å²) < 4.78 is 45.5. The summed E-state index contributed by atoms with van der Waals surface area (Å²) in [5.74, 6) is -5.29. The van der Waals surface area contributed by atoms with Gasteiger partial charge in [0.1, 0.15) is 24.4 Å². The smallest absolute Gasteiger partial charge is 0.309 e. The highest BCUT2D eigenvalue weighted by Gasteiger charge is 2.75. The van der Waals surface area contributed by atoms with Crippen molar-refractivity contribution >= 4 is 0 Å². The summed E-state index contributed by atoms with van der Waals surface area (Å²) >= 11 is 0.